The Morgan fingerprint density at radius 1 is 1.50 bits per heavy atom. The van der Waals surface area contributed by atoms with Gasteiger partial charge < -0.3 is 15.4 Å². The van der Waals surface area contributed by atoms with Gasteiger partial charge in [0.05, 0.1) is 11.9 Å². The van der Waals surface area contributed by atoms with Gasteiger partial charge in [0.15, 0.2) is 0 Å². The number of fused-ring (bicyclic) bond motifs is 1. The van der Waals surface area contributed by atoms with Gasteiger partial charge in [-0.1, -0.05) is 6.92 Å². The molecule has 0 aliphatic heterocycles. The van der Waals surface area contributed by atoms with Crippen molar-refractivity contribution in [1.29, 1.82) is 0 Å². The number of aliphatic carboxylic acids is 1. The number of nitrogens with one attached hydrogen (secondary N) is 2. The van der Waals surface area contributed by atoms with E-state index in [1.165, 1.54) is 0 Å². The maximum absolute atomic E-state index is 10.9. The van der Waals surface area contributed by atoms with Crippen LogP contribution in [0.3, 0.4) is 0 Å². The van der Waals surface area contributed by atoms with Crippen LogP contribution in [0, 0.1) is 6.92 Å². The minimum atomic E-state index is -0.765. The van der Waals surface area contributed by atoms with E-state index in [1.807, 2.05) is 31.0 Å². The van der Waals surface area contributed by atoms with E-state index in [-0.39, 0.29) is 6.54 Å². The lowest BCUT2D eigenvalue weighted by Gasteiger charge is -2.42. The van der Waals surface area contributed by atoms with Crippen molar-refractivity contribution in [3.63, 3.8) is 0 Å². The number of likely N-dealkylation sites (N-methyl/N-ethyl adjacent to an activating group) is 1. The highest BCUT2D eigenvalue weighted by Crippen LogP contribution is 2.30. The van der Waals surface area contributed by atoms with E-state index < -0.39 is 5.97 Å². The molecule has 3 N–H and O–H groups in total. The number of aryl methyl sites for hydroxylation is 1. The summed E-state index contributed by atoms with van der Waals surface area (Å²) < 4.78 is 0. The van der Waals surface area contributed by atoms with Gasteiger partial charge in [0.25, 0.3) is 0 Å². The minimum absolute atomic E-state index is 0.114. The lowest BCUT2D eigenvalue weighted by molar-refractivity contribution is -0.139. The summed E-state index contributed by atoms with van der Waals surface area (Å²) in [6, 6.07) is 2.64. The maximum atomic E-state index is 10.9. The third-order valence-electron chi connectivity index (χ3n) is 4.24. The van der Waals surface area contributed by atoms with E-state index in [0.717, 1.165) is 42.1 Å². The lowest BCUT2D eigenvalue weighted by atomic mass is 9.85. The number of anilines is 1. The van der Waals surface area contributed by atoms with Crippen molar-refractivity contribution in [3.05, 3.63) is 18.1 Å². The van der Waals surface area contributed by atoms with Crippen molar-refractivity contribution in [2.24, 2.45) is 0 Å². The van der Waals surface area contributed by atoms with Crippen LogP contribution in [0.2, 0.25) is 0 Å². The summed E-state index contributed by atoms with van der Waals surface area (Å²) in [6.07, 6.45) is 3.74. The number of H-pyrrole nitrogens is 1. The molecule has 22 heavy (non-hydrogen) atoms. The predicted molar refractivity (Wildman–Crippen MR) is 83.9 cm³/mol. The fourth-order valence-corrected chi connectivity index (χ4v) is 3.03. The summed E-state index contributed by atoms with van der Waals surface area (Å²) >= 11 is 0. The number of carboxylic acids is 1. The molecule has 118 valence electrons. The summed E-state index contributed by atoms with van der Waals surface area (Å²) in [5.74, 6) is 0.821. The van der Waals surface area contributed by atoms with Gasteiger partial charge in [-0.3, -0.25) is 9.69 Å². The van der Waals surface area contributed by atoms with Gasteiger partial charge in [0, 0.05) is 18.3 Å². The fourth-order valence-electron chi connectivity index (χ4n) is 3.03. The molecule has 2 heterocycles. The number of carbonyl (C=O) groups is 1. The number of carboxylic acid groups (broad SMARTS) is 1. The van der Waals surface area contributed by atoms with E-state index in [9.17, 15) is 4.79 Å². The van der Waals surface area contributed by atoms with Crippen LogP contribution in [0.25, 0.3) is 11.0 Å². The van der Waals surface area contributed by atoms with Crippen LogP contribution in [0.5, 0.6) is 0 Å². The molecule has 0 atom stereocenters. The summed E-state index contributed by atoms with van der Waals surface area (Å²) in [4.78, 5) is 24.8. The Hall–Kier alpha value is -2.15. The summed E-state index contributed by atoms with van der Waals surface area (Å²) in [5, 5.41) is 13.4. The highest BCUT2D eigenvalue weighted by atomic mass is 16.4. The summed E-state index contributed by atoms with van der Waals surface area (Å²) in [6.45, 7) is 4.75. The molecule has 7 heteroatoms. The second-order valence-corrected chi connectivity index (χ2v) is 5.78. The first kappa shape index (κ1) is 14.8. The molecular weight excluding hydrogens is 282 g/mol. The van der Waals surface area contributed by atoms with Crippen LogP contribution >= 0.6 is 0 Å². The Labute approximate surface area is 128 Å². The van der Waals surface area contributed by atoms with Gasteiger partial charge in [-0.05, 0) is 32.4 Å². The molecule has 1 aliphatic rings. The zero-order chi connectivity index (χ0) is 15.7. The third-order valence-corrected chi connectivity index (χ3v) is 4.24. The largest absolute Gasteiger partial charge is 0.480 e. The van der Waals surface area contributed by atoms with Crippen LogP contribution in [0.1, 0.15) is 25.6 Å². The predicted octanol–water partition coefficient (Wildman–Crippen LogP) is 1.62. The van der Waals surface area contributed by atoms with Crippen molar-refractivity contribution in [2.45, 2.75) is 38.8 Å². The standard InChI is InChI=1S/C15H21N5O2/c1-3-20(8-13(21)22)11-6-10(7-11)19-15-12-4-5-16-14(12)17-9(2)18-15/h4-5,10-11H,3,6-8H2,1-2H3,(H,21,22)(H2,16,17,18,19). The van der Waals surface area contributed by atoms with E-state index in [1.54, 1.807) is 0 Å². The van der Waals surface area contributed by atoms with Crippen molar-refractivity contribution < 1.29 is 9.90 Å². The van der Waals surface area contributed by atoms with Gasteiger partial charge in [-0.25, -0.2) is 9.97 Å². The highest BCUT2D eigenvalue weighted by Gasteiger charge is 2.34. The van der Waals surface area contributed by atoms with E-state index in [0.29, 0.717) is 12.1 Å². The Morgan fingerprint density at radius 2 is 2.27 bits per heavy atom. The average Bonchev–Trinajstić information content (AvgIpc) is 2.87. The zero-order valence-corrected chi connectivity index (χ0v) is 12.8. The third kappa shape index (κ3) is 2.89. The Bertz CT molecular complexity index is 678. The number of aromatic amines is 1. The topological polar surface area (TPSA) is 94.1 Å². The number of hydrogen-bond acceptors (Lipinski definition) is 5. The number of hydrogen-bond donors (Lipinski definition) is 3. The summed E-state index contributed by atoms with van der Waals surface area (Å²) in [7, 11) is 0. The van der Waals surface area contributed by atoms with Crippen LogP contribution in [-0.4, -0.2) is 56.1 Å². The molecule has 0 unspecified atom stereocenters. The molecule has 1 saturated carbocycles. The molecule has 0 saturated heterocycles. The van der Waals surface area contributed by atoms with Crippen molar-refractivity contribution in [2.75, 3.05) is 18.4 Å². The number of aromatic nitrogens is 3. The fraction of sp³-hybridized carbons (Fsp3) is 0.533. The van der Waals surface area contributed by atoms with Gasteiger partial charge in [0.2, 0.25) is 0 Å². The van der Waals surface area contributed by atoms with Gasteiger partial charge >= 0.3 is 5.97 Å². The van der Waals surface area contributed by atoms with Crippen molar-refractivity contribution in [1.82, 2.24) is 19.9 Å². The first-order valence-electron chi connectivity index (χ1n) is 7.61. The number of nitrogens with zero attached hydrogens (tertiary/aromatic N) is 3. The SMILES string of the molecule is CCN(CC(=O)O)C1CC(Nc2nc(C)nc3[nH]ccc23)C1. The monoisotopic (exact) mass is 303 g/mol. The molecule has 0 amide bonds. The van der Waals surface area contributed by atoms with Crippen LogP contribution in [-0.2, 0) is 4.79 Å². The first-order valence-corrected chi connectivity index (χ1v) is 7.61. The molecule has 1 fully saturated rings. The van der Waals surface area contributed by atoms with Gasteiger partial charge in [-0.15, -0.1) is 0 Å². The molecule has 2 aromatic rings. The molecular formula is C15H21N5O2. The molecule has 0 spiro atoms. The van der Waals surface area contributed by atoms with Gasteiger partial charge in [-0.2, -0.15) is 0 Å². The summed E-state index contributed by atoms with van der Waals surface area (Å²) in [5.41, 5.74) is 0.840. The van der Waals surface area contributed by atoms with Crippen LogP contribution in [0.15, 0.2) is 12.3 Å². The second kappa shape index (κ2) is 5.92. The highest BCUT2D eigenvalue weighted by molar-refractivity contribution is 5.87. The first-order chi connectivity index (χ1) is 10.6. The molecule has 1 aliphatic carbocycles. The van der Waals surface area contributed by atoms with Crippen LogP contribution in [0.4, 0.5) is 5.82 Å². The molecule has 0 aromatic carbocycles. The second-order valence-electron chi connectivity index (χ2n) is 5.78. The van der Waals surface area contributed by atoms with Crippen LogP contribution < -0.4 is 5.32 Å². The normalized spacial score (nSPS) is 21.0. The Balaban J connectivity index is 1.64. The average molecular weight is 303 g/mol. The Kier molecular flexibility index (Phi) is 3.98. The quantitative estimate of drug-likeness (QED) is 0.750. The zero-order valence-electron chi connectivity index (χ0n) is 12.8. The molecule has 0 bridgehead atoms. The van der Waals surface area contributed by atoms with E-state index >= 15 is 0 Å². The molecule has 0 radical (unpaired) electrons. The number of rotatable bonds is 6. The minimum Gasteiger partial charge on any atom is -0.480 e. The lowest BCUT2D eigenvalue weighted by Crippen LogP contribution is -2.51. The van der Waals surface area contributed by atoms with Crippen molar-refractivity contribution in [3.8, 4) is 0 Å². The van der Waals surface area contributed by atoms with Crippen molar-refractivity contribution >= 4 is 22.8 Å². The van der Waals surface area contributed by atoms with E-state index in [2.05, 4.69) is 20.3 Å². The maximum Gasteiger partial charge on any atom is 0.317 e. The smallest absolute Gasteiger partial charge is 0.317 e. The van der Waals surface area contributed by atoms with E-state index in [4.69, 9.17) is 5.11 Å². The molecule has 3 rings (SSSR count). The Morgan fingerprint density at radius 3 is 2.95 bits per heavy atom. The van der Waals surface area contributed by atoms with Gasteiger partial charge in [0.1, 0.15) is 17.3 Å². The molecule has 7 nitrogen and oxygen atoms in total. The molecule has 2 aromatic heterocycles.